The van der Waals surface area contributed by atoms with Crippen molar-refractivity contribution in [2.24, 2.45) is 0 Å². The summed E-state index contributed by atoms with van der Waals surface area (Å²) in [5, 5.41) is 9.76. The molecule has 0 bridgehead atoms. The number of carbonyl (C=O) groups excluding carboxylic acids is 2. The molecule has 2 N–H and O–H groups in total. The summed E-state index contributed by atoms with van der Waals surface area (Å²) >= 11 is 1.43. The predicted molar refractivity (Wildman–Crippen MR) is 90.8 cm³/mol. The Morgan fingerprint density at radius 2 is 2.08 bits per heavy atom. The van der Waals surface area contributed by atoms with E-state index in [9.17, 15) is 9.59 Å². The normalized spacial score (nSPS) is 10.5. The highest BCUT2D eigenvalue weighted by molar-refractivity contribution is 7.98. The van der Waals surface area contributed by atoms with Crippen LogP contribution in [0.3, 0.4) is 0 Å². The number of rotatable bonds is 7. The number of hydrogen-bond acceptors (Lipinski definition) is 6. The minimum atomic E-state index is -0.324. The van der Waals surface area contributed by atoms with Crippen molar-refractivity contribution in [2.45, 2.75) is 31.6 Å². The Balaban J connectivity index is 2.04. The van der Waals surface area contributed by atoms with Crippen LogP contribution in [-0.2, 0) is 10.5 Å². The highest BCUT2D eigenvalue weighted by atomic mass is 32.2. The van der Waals surface area contributed by atoms with E-state index < -0.39 is 0 Å². The fourth-order valence-corrected chi connectivity index (χ4v) is 3.19. The number of hydrogen-bond donors (Lipinski definition) is 2. The summed E-state index contributed by atoms with van der Waals surface area (Å²) in [6.07, 6.45) is 1.64. The maximum atomic E-state index is 12.3. The Hall–Kier alpha value is -2.35. The average Bonchev–Trinajstić information content (AvgIpc) is 2.89. The first-order chi connectivity index (χ1) is 11.5. The van der Waals surface area contributed by atoms with Gasteiger partial charge in [0.05, 0.1) is 17.8 Å². The van der Waals surface area contributed by atoms with Crippen LogP contribution in [0.15, 0.2) is 27.9 Å². The number of aryl methyl sites for hydroxylation is 2. The van der Waals surface area contributed by atoms with E-state index in [2.05, 4.69) is 20.8 Å². The highest BCUT2D eigenvalue weighted by Gasteiger charge is 2.16. The molecule has 0 aromatic carbocycles. The number of nitrogens with zero attached hydrogens (tertiary/aromatic N) is 2. The van der Waals surface area contributed by atoms with Crippen molar-refractivity contribution >= 4 is 23.6 Å². The molecular weight excluding hydrogens is 328 g/mol. The maximum Gasteiger partial charge on any atom is 0.254 e. The van der Waals surface area contributed by atoms with Crippen LogP contribution in [0, 0.1) is 13.8 Å². The summed E-state index contributed by atoms with van der Waals surface area (Å²) in [4.78, 5) is 28.0. The second-order valence-corrected chi connectivity index (χ2v) is 6.05. The van der Waals surface area contributed by atoms with E-state index in [1.54, 1.807) is 18.3 Å². The summed E-state index contributed by atoms with van der Waals surface area (Å²) in [7, 11) is 0. The van der Waals surface area contributed by atoms with Crippen LogP contribution in [0.5, 0.6) is 0 Å². The molecule has 0 saturated carbocycles. The first-order valence-corrected chi connectivity index (χ1v) is 8.56. The van der Waals surface area contributed by atoms with Crippen molar-refractivity contribution < 1.29 is 14.1 Å². The Bertz CT molecular complexity index is 710. The third-order valence-corrected chi connectivity index (χ3v) is 4.37. The summed E-state index contributed by atoms with van der Waals surface area (Å²) < 4.78 is 5.14. The van der Waals surface area contributed by atoms with Gasteiger partial charge in [-0.3, -0.25) is 9.59 Å². The van der Waals surface area contributed by atoms with Gasteiger partial charge in [-0.1, -0.05) is 5.16 Å². The Morgan fingerprint density at radius 3 is 2.75 bits per heavy atom. The molecular formula is C16H20N4O3S. The van der Waals surface area contributed by atoms with Gasteiger partial charge in [-0.2, -0.15) is 0 Å². The van der Waals surface area contributed by atoms with Crippen LogP contribution >= 0.6 is 11.8 Å². The number of pyridine rings is 1. The monoisotopic (exact) mass is 348 g/mol. The minimum absolute atomic E-state index is 0.0600. The second-order valence-electron chi connectivity index (χ2n) is 5.08. The third kappa shape index (κ3) is 4.58. The van der Waals surface area contributed by atoms with Gasteiger partial charge in [-0.15, -0.1) is 11.8 Å². The van der Waals surface area contributed by atoms with Gasteiger partial charge >= 0.3 is 0 Å². The molecule has 0 aliphatic carbocycles. The number of carbonyl (C=O) groups is 2. The number of amides is 2. The molecule has 0 atom stereocenters. The molecule has 8 heteroatoms. The van der Waals surface area contributed by atoms with Gasteiger partial charge in [0.15, 0.2) is 0 Å². The third-order valence-electron chi connectivity index (χ3n) is 3.33. The molecule has 128 valence electrons. The molecule has 2 heterocycles. The molecule has 24 heavy (non-hydrogen) atoms. The molecule has 0 fully saturated rings. The summed E-state index contributed by atoms with van der Waals surface area (Å²) in [5.74, 6) is 0.822. The fraction of sp³-hybridized carbons (Fsp3) is 0.375. The van der Waals surface area contributed by atoms with Crippen LogP contribution in [0.4, 0.5) is 0 Å². The first-order valence-electron chi connectivity index (χ1n) is 7.57. The number of thioether (sulfide) groups is 1. The molecule has 0 spiro atoms. The van der Waals surface area contributed by atoms with Crippen LogP contribution < -0.4 is 10.6 Å². The van der Waals surface area contributed by atoms with E-state index in [4.69, 9.17) is 4.52 Å². The largest absolute Gasteiger partial charge is 0.361 e. The Kier molecular flexibility index (Phi) is 6.36. The quantitative estimate of drug-likeness (QED) is 0.741. The Morgan fingerprint density at radius 1 is 1.29 bits per heavy atom. The molecule has 0 aliphatic rings. The summed E-state index contributed by atoms with van der Waals surface area (Å²) in [5.41, 5.74) is 2.27. The van der Waals surface area contributed by atoms with Crippen molar-refractivity contribution in [3.8, 4) is 0 Å². The zero-order valence-electron chi connectivity index (χ0n) is 13.9. The number of likely N-dealkylation sites (N-methyl/N-ethyl adjacent to an activating group) is 1. The first kappa shape index (κ1) is 18.0. The maximum absolute atomic E-state index is 12.3. The van der Waals surface area contributed by atoms with Gasteiger partial charge < -0.3 is 15.2 Å². The molecule has 0 saturated heterocycles. The fourth-order valence-electron chi connectivity index (χ4n) is 2.04. The van der Waals surface area contributed by atoms with Crippen LogP contribution in [0.25, 0.3) is 0 Å². The van der Waals surface area contributed by atoms with Gasteiger partial charge in [0.1, 0.15) is 10.8 Å². The molecule has 0 aliphatic heterocycles. The zero-order valence-corrected chi connectivity index (χ0v) is 14.7. The van der Waals surface area contributed by atoms with E-state index in [-0.39, 0.29) is 18.4 Å². The lowest BCUT2D eigenvalue weighted by Crippen LogP contribution is -2.36. The van der Waals surface area contributed by atoms with Gasteiger partial charge in [-0.05, 0) is 32.9 Å². The minimum Gasteiger partial charge on any atom is -0.361 e. The molecule has 7 nitrogen and oxygen atoms in total. The smallest absolute Gasteiger partial charge is 0.254 e. The van der Waals surface area contributed by atoms with Crippen molar-refractivity contribution in [1.29, 1.82) is 0 Å². The molecule has 2 rings (SSSR count). The van der Waals surface area contributed by atoms with Gasteiger partial charge in [0.2, 0.25) is 5.91 Å². The standard InChI is InChI=1S/C16H20N4O3S/c1-4-17-14(21)8-19-15(22)12-6-5-7-18-16(12)24-9-13-10(2)20-23-11(13)3/h5-7H,4,8-9H2,1-3H3,(H,17,21)(H,19,22). The molecule has 2 aromatic rings. The van der Waals surface area contributed by atoms with E-state index in [0.717, 1.165) is 17.0 Å². The van der Waals surface area contributed by atoms with Crippen LogP contribution in [-0.4, -0.2) is 35.0 Å². The zero-order chi connectivity index (χ0) is 17.5. The van der Waals surface area contributed by atoms with Gasteiger partial charge in [0, 0.05) is 24.1 Å². The lowest BCUT2D eigenvalue weighted by Gasteiger charge is -2.09. The van der Waals surface area contributed by atoms with Crippen molar-refractivity contribution in [1.82, 2.24) is 20.8 Å². The van der Waals surface area contributed by atoms with Gasteiger partial charge in [0.25, 0.3) is 5.91 Å². The van der Waals surface area contributed by atoms with E-state index in [0.29, 0.717) is 22.9 Å². The van der Waals surface area contributed by atoms with Crippen LogP contribution in [0.1, 0.15) is 34.3 Å². The predicted octanol–water partition coefficient (Wildman–Crippen LogP) is 1.84. The molecule has 0 unspecified atom stereocenters. The Labute approximate surface area is 144 Å². The van der Waals surface area contributed by atoms with E-state index >= 15 is 0 Å². The van der Waals surface area contributed by atoms with E-state index in [1.807, 2.05) is 20.8 Å². The SMILES string of the molecule is CCNC(=O)CNC(=O)c1cccnc1SCc1c(C)noc1C. The number of nitrogens with one attached hydrogen (secondary N) is 2. The average molecular weight is 348 g/mol. The summed E-state index contributed by atoms with van der Waals surface area (Å²) in [6.45, 7) is 6.03. The van der Waals surface area contributed by atoms with Crippen molar-refractivity contribution in [3.05, 3.63) is 40.9 Å². The highest BCUT2D eigenvalue weighted by Crippen LogP contribution is 2.27. The van der Waals surface area contributed by atoms with Gasteiger partial charge in [-0.25, -0.2) is 4.98 Å². The topological polar surface area (TPSA) is 97.1 Å². The lowest BCUT2D eigenvalue weighted by molar-refractivity contribution is -0.120. The van der Waals surface area contributed by atoms with E-state index in [1.165, 1.54) is 11.8 Å². The summed E-state index contributed by atoms with van der Waals surface area (Å²) in [6, 6.07) is 3.39. The lowest BCUT2D eigenvalue weighted by atomic mass is 10.2. The molecule has 2 aromatic heterocycles. The second kappa shape index (κ2) is 8.49. The number of aromatic nitrogens is 2. The molecule has 2 amide bonds. The van der Waals surface area contributed by atoms with Crippen molar-refractivity contribution in [3.63, 3.8) is 0 Å². The molecule has 0 radical (unpaired) electrons. The van der Waals surface area contributed by atoms with Crippen LogP contribution in [0.2, 0.25) is 0 Å². The van der Waals surface area contributed by atoms with Crippen molar-refractivity contribution in [2.75, 3.05) is 13.1 Å².